The van der Waals surface area contributed by atoms with Crippen molar-refractivity contribution in [3.05, 3.63) is 42.5 Å². The van der Waals surface area contributed by atoms with Crippen LogP contribution in [0.25, 0.3) is 10.8 Å². The zero-order chi connectivity index (χ0) is 27.7. The molecule has 6 N–H and O–H groups in total. The normalized spacial score (nSPS) is 16.0. The van der Waals surface area contributed by atoms with E-state index < -0.39 is 28.1 Å². The van der Waals surface area contributed by atoms with Gasteiger partial charge < -0.3 is 26.0 Å². The molecule has 1 fully saturated rings. The molecule has 2 atom stereocenters. The summed E-state index contributed by atoms with van der Waals surface area (Å²) < 4.78 is 33.1. The van der Waals surface area contributed by atoms with Gasteiger partial charge in [-0.25, -0.2) is 13.2 Å². The number of esters is 1. The van der Waals surface area contributed by atoms with Crippen LogP contribution in [0.5, 0.6) is 0 Å². The number of hydrogen-bond acceptors (Lipinski definition) is 7. The molecule has 2 amide bonds. The SMILES string of the molecule is CCOC(=O)[C@@H](NC(=O)CCC(=O)NC[C@@H]1CCCN(C(=N)N)C1)NS(=O)(=O)c1ccc2ccccc2c1.Cl. The van der Waals surface area contributed by atoms with E-state index in [-0.39, 0.29) is 54.5 Å². The Bertz CT molecular complexity index is 1290. The average Bonchev–Trinajstić information content (AvgIpc) is 2.90. The highest BCUT2D eigenvalue weighted by molar-refractivity contribution is 7.89. The lowest BCUT2D eigenvalue weighted by Crippen LogP contribution is -2.53. The number of amides is 2. The van der Waals surface area contributed by atoms with Crippen molar-refractivity contribution in [1.82, 2.24) is 20.3 Å². The predicted octanol–water partition coefficient (Wildman–Crippen LogP) is 1.05. The quantitative estimate of drug-likeness (QED) is 0.113. The van der Waals surface area contributed by atoms with Crippen LogP contribution in [0.1, 0.15) is 32.6 Å². The van der Waals surface area contributed by atoms with Crippen LogP contribution in [-0.2, 0) is 29.1 Å². The minimum absolute atomic E-state index is 0. The van der Waals surface area contributed by atoms with Crippen LogP contribution in [0.2, 0.25) is 0 Å². The first-order valence-corrected chi connectivity index (χ1v) is 13.9. The number of fused-ring (bicyclic) bond motifs is 1. The van der Waals surface area contributed by atoms with Crippen LogP contribution < -0.4 is 21.1 Å². The summed E-state index contributed by atoms with van der Waals surface area (Å²) in [7, 11) is -4.20. The third kappa shape index (κ3) is 9.37. The first-order chi connectivity index (χ1) is 18.1. The molecule has 0 radical (unpaired) electrons. The number of sulfonamides is 1. The molecule has 1 saturated heterocycles. The number of nitrogens with zero attached hydrogens (tertiary/aromatic N) is 1. The molecule has 1 heterocycles. The van der Waals surface area contributed by atoms with E-state index in [0.717, 1.165) is 18.2 Å². The number of piperidine rings is 1. The molecule has 1 aliphatic heterocycles. The van der Waals surface area contributed by atoms with Crippen LogP contribution in [0.3, 0.4) is 0 Å². The standard InChI is InChI=1S/C25H34N6O6S.ClH/c1-2-37-24(34)23(30-38(35,36)20-10-9-18-7-3-4-8-19(18)14-20)29-22(33)12-11-21(32)28-15-17-6-5-13-31(16-17)25(26)27;/h3-4,7-10,14,17,23,30H,2,5-6,11-13,15-16H2,1H3,(H3,26,27)(H,28,32)(H,29,33);1H/t17-,23-;/m0./s1. The number of nitrogens with two attached hydrogens (primary N) is 1. The first kappa shape index (κ1) is 31.8. The number of halogens is 1. The van der Waals surface area contributed by atoms with Gasteiger partial charge in [0.15, 0.2) is 12.1 Å². The number of carbonyl (C=O) groups excluding carboxylic acids is 3. The first-order valence-electron chi connectivity index (χ1n) is 12.4. The maximum absolute atomic E-state index is 13.0. The van der Waals surface area contributed by atoms with Crippen molar-refractivity contribution in [3.8, 4) is 0 Å². The van der Waals surface area contributed by atoms with Crippen LogP contribution in [-0.4, -0.2) is 69.5 Å². The minimum Gasteiger partial charge on any atom is -0.463 e. The number of hydrogen-bond donors (Lipinski definition) is 5. The molecule has 0 aliphatic carbocycles. The van der Waals surface area contributed by atoms with Gasteiger partial charge in [-0.05, 0) is 48.6 Å². The van der Waals surface area contributed by atoms with Gasteiger partial charge in [-0.15, -0.1) is 12.4 Å². The molecule has 2 aromatic rings. The van der Waals surface area contributed by atoms with Crippen molar-refractivity contribution < 1.29 is 27.5 Å². The van der Waals surface area contributed by atoms with E-state index in [1.807, 2.05) is 12.1 Å². The van der Waals surface area contributed by atoms with E-state index in [2.05, 4.69) is 15.4 Å². The van der Waals surface area contributed by atoms with Crippen molar-refractivity contribution in [3.63, 3.8) is 0 Å². The zero-order valence-corrected chi connectivity index (χ0v) is 23.3. The Balaban J connectivity index is 0.00000533. The maximum atomic E-state index is 13.0. The van der Waals surface area contributed by atoms with Gasteiger partial charge in [0.25, 0.3) is 0 Å². The number of rotatable bonds is 11. The highest BCUT2D eigenvalue weighted by Gasteiger charge is 2.29. The fourth-order valence-corrected chi connectivity index (χ4v) is 5.31. The van der Waals surface area contributed by atoms with Crippen LogP contribution in [0, 0.1) is 11.3 Å². The second-order valence-corrected chi connectivity index (χ2v) is 10.7. The maximum Gasteiger partial charge on any atom is 0.344 e. The molecule has 0 saturated carbocycles. The van der Waals surface area contributed by atoms with Gasteiger partial charge in [0.05, 0.1) is 11.5 Å². The van der Waals surface area contributed by atoms with Crippen LogP contribution in [0.15, 0.2) is 47.4 Å². The summed E-state index contributed by atoms with van der Waals surface area (Å²) in [5.74, 6) is -1.88. The van der Waals surface area contributed by atoms with Crippen molar-refractivity contribution in [2.75, 3.05) is 26.2 Å². The Kier molecular flexibility index (Phi) is 11.9. The lowest BCUT2D eigenvalue weighted by Gasteiger charge is -2.33. The summed E-state index contributed by atoms with van der Waals surface area (Å²) in [5.41, 5.74) is 5.54. The molecule has 0 aromatic heterocycles. The summed E-state index contributed by atoms with van der Waals surface area (Å²) in [6.45, 7) is 3.22. The predicted molar refractivity (Wildman–Crippen MR) is 149 cm³/mol. The molecule has 214 valence electrons. The molecule has 39 heavy (non-hydrogen) atoms. The molecule has 2 aromatic carbocycles. The summed E-state index contributed by atoms with van der Waals surface area (Å²) in [6.07, 6.45) is -0.316. The van der Waals surface area contributed by atoms with E-state index in [1.165, 1.54) is 12.1 Å². The van der Waals surface area contributed by atoms with E-state index >= 15 is 0 Å². The van der Waals surface area contributed by atoms with E-state index in [1.54, 1.807) is 30.0 Å². The summed E-state index contributed by atoms with van der Waals surface area (Å²) >= 11 is 0. The third-order valence-electron chi connectivity index (χ3n) is 6.16. The second kappa shape index (κ2) is 14.7. The number of carbonyl (C=O) groups is 3. The minimum atomic E-state index is -4.20. The fourth-order valence-electron chi connectivity index (χ4n) is 4.18. The third-order valence-corrected chi connectivity index (χ3v) is 7.58. The average molecular weight is 583 g/mol. The lowest BCUT2D eigenvalue weighted by molar-refractivity contribution is -0.147. The Hall–Kier alpha value is -3.42. The Morgan fingerprint density at radius 3 is 2.51 bits per heavy atom. The molecule has 0 spiro atoms. The molecular weight excluding hydrogens is 548 g/mol. The number of guanidine groups is 1. The second-order valence-electron chi connectivity index (χ2n) is 9.03. The van der Waals surface area contributed by atoms with Crippen molar-refractivity contribution >= 4 is 56.9 Å². The van der Waals surface area contributed by atoms with Crippen LogP contribution in [0.4, 0.5) is 0 Å². The molecular formula is C25H35ClN6O6S. The number of likely N-dealkylation sites (tertiary alicyclic amines) is 1. The fraction of sp³-hybridized carbons (Fsp3) is 0.440. The molecule has 14 heteroatoms. The molecule has 0 unspecified atom stereocenters. The van der Waals surface area contributed by atoms with Gasteiger partial charge in [-0.1, -0.05) is 30.3 Å². The summed E-state index contributed by atoms with van der Waals surface area (Å²) in [5, 5.41) is 14.2. The van der Waals surface area contributed by atoms with Gasteiger partial charge in [0.1, 0.15) is 0 Å². The highest BCUT2D eigenvalue weighted by Crippen LogP contribution is 2.19. The zero-order valence-electron chi connectivity index (χ0n) is 21.6. The molecule has 3 rings (SSSR count). The topological polar surface area (TPSA) is 184 Å². The summed E-state index contributed by atoms with van der Waals surface area (Å²) in [4.78, 5) is 38.9. The van der Waals surface area contributed by atoms with Gasteiger partial charge in [-0.2, -0.15) is 4.72 Å². The Labute approximate surface area is 234 Å². The van der Waals surface area contributed by atoms with E-state index in [9.17, 15) is 22.8 Å². The van der Waals surface area contributed by atoms with Gasteiger partial charge in [0.2, 0.25) is 21.8 Å². The molecule has 1 aliphatic rings. The molecule has 12 nitrogen and oxygen atoms in total. The molecule has 0 bridgehead atoms. The van der Waals surface area contributed by atoms with Crippen molar-refractivity contribution in [2.24, 2.45) is 11.7 Å². The van der Waals surface area contributed by atoms with E-state index in [0.29, 0.717) is 25.0 Å². The Morgan fingerprint density at radius 2 is 1.82 bits per heavy atom. The van der Waals surface area contributed by atoms with E-state index in [4.69, 9.17) is 15.9 Å². The van der Waals surface area contributed by atoms with Crippen LogP contribution >= 0.6 is 12.4 Å². The number of nitrogens with one attached hydrogen (secondary N) is 4. The van der Waals surface area contributed by atoms with Crippen molar-refractivity contribution in [1.29, 1.82) is 5.41 Å². The lowest BCUT2D eigenvalue weighted by atomic mass is 9.98. The Morgan fingerprint density at radius 1 is 1.13 bits per heavy atom. The number of benzene rings is 2. The van der Waals surface area contributed by atoms with Gasteiger partial charge >= 0.3 is 5.97 Å². The highest BCUT2D eigenvalue weighted by atomic mass is 35.5. The smallest absolute Gasteiger partial charge is 0.344 e. The van der Waals surface area contributed by atoms with Gasteiger partial charge in [0, 0.05) is 32.5 Å². The van der Waals surface area contributed by atoms with Gasteiger partial charge in [-0.3, -0.25) is 15.0 Å². The monoisotopic (exact) mass is 582 g/mol. The van der Waals surface area contributed by atoms with Crippen molar-refractivity contribution in [2.45, 2.75) is 43.7 Å². The largest absolute Gasteiger partial charge is 0.463 e. The number of ether oxygens (including phenoxy) is 1. The summed E-state index contributed by atoms with van der Waals surface area (Å²) in [6, 6.07) is 11.7.